The van der Waals surface area contributed by atoms with Crippen molar-refractivity contribution in [3.05, 3.63) is 29.6 Å². The molecule has 1 saturated carbocycles. The number of hydrogen-bond donors (Lipinski definition) is 2. The Hall–Kier alpha value is -1.23. The van der Waals surface area contributed by atoms with Gasteiger partial charge in [0.1, 0.15) is 5.82 Å². The van der Waals surface area contributed by atoms with Gasteiger partial charge in [0.05, 0.1) is 11.3 Å². The zero-order chi connectivity index (χ0) is 13.8. The van der Waals surface area contributed by atoms with Crippen LogP contribution < -0.4 is 5.32 Å². The number of nitrogens with one attached hydrogen (secondary N) is 1. The third kappa shape index (κ3) is 3.62. The standard InChI is InChI=1S/C14H18FNO2S/c1-2-19-11-5-4-10(8-11)16-13-6-3-9(14(17)18)7-12(13)15/h3,6-7,10-11,16H,2,4-5,8H2,1H3,(H,17,18). The molecule has 2 N–H and O–H groups in total. The molecule has 19 heavy (non-hydrogen) atoms. The number of halogens is 1. The SMILES string of the molecule is CCSC1CCC(Nc2ccc(C(=O)O)cc2F)C1. The molecule has 3 nitrogen and oxygen atoms in total. The van der Waals surface area contributed by atoms with E-state index in [1.807, 2.05) is 11.8 Å². The Morgan fingerprint density at radius 2 is 2.32 bits per heavy atom. The molecule has 0 radical (unpaired) electrons. The zero-order valence-corrected chi connectivity index (χ0v) is 11.7. The summed E-state index contributed by atoms with van der Waals surface area (Å²) in [5.41, 5.74) is 0.381. The van der Waals surface area contributed by atoms with Crippen LogP contribution in [0.25, 0.3) is 0 Å². The van der Waals surface area contributed by atoms with Crippen molar-refractivity contribution in [2.75, 3.05) is 11.1 Å². The van der Waals surface area contributed by atoms with Crippen molar-refractivity contribution in [3.8, 4) is 0 Å². The number of carbonyl (C=O) groups is 1. The van der Waals surface area contributed by atoms with E-state index >= 15 is 0 Å². The van der Waals surface area contributed by atoms with Gasteiger partial charge in [-0.2, -0.15) is 11.8 Å². The number of carboxylic acids is 1. The molecule has 0 aromatic heterocycles. The van der Waals surface area contributed by atoms with Crippen LogP contribution in [0.4, 0.5) is 10.1 Å². The lowest BCUT2D eigenvalue weighted by atomic mass is 10.1. The van der Waals surface area contributed by atoms with Gasteiger partial charge >= 0.3 is 5.97 Å². The van der Waals surface area contributed by atoms with Gasteiger partial charge in [0, 0.05) is 11.3 Å². The van der Waals surface area contributed by atoms with E-state index in [9.17, 15) is 9.18 Å². The van der Waals surface area contributed by atoms with Gasteiger partial charge in [0.2, 0.25) is 0 Å². The van der Waals surface area contributed by atoms with Gasteiger partial charge < -0.3 is 10.4 Å². The van der Waals surface area contributed by atoms with Crippen LogP contribution in [0.2, 0.25) is 0 Å². The second-order valence-corrected chi connectivity index (χ2v) is 6.31. The number of rotatable bonds is 5. The van der Waals surface area contributed by atoms with Gasteiger partial charge in [0.15, 0.2) is 0 Å². The average molecular weight is 283 g/mol. The normalized spacial score (nSPS) is 22.4. The van der Waals surface area contributed by atoms with Crippen LogP contribution in [0, 0.1) is 5.82 Å². The monoisotopic (exact) mass is 283 g/mol. The van der Waals surface area contributed by atoms with Crippen LogP contribution in [0.1, 0.15) is 36.5 Å². The third-order valence-electron chi connectivity index (χ3n) is 3.36. The van der Waals surface area contributed by atoms with Gasteiger partial charge in [-0.25, -0.2) is 9.18 Å². The molecular formula is C14H18FNO2S. The van der Waals surface area contributed by atoms with E-state index in [0.717, 1.165) is 31.1 Å². The van der Waals surface area contributed by atoms with Gasteiger partial charge in [-0.3, -0.25) is 0 Å². The summed E-state index contributed by atoms with van der Waals surface area (Å²) in [5, 5.41) is 12.6. The molecule has 1 aliphatic carbocycles. The molecule has 0 amide bonds. The summed E-state index contributed by atoms with van der Waals surface area (Å²) >= 11 is 1.95. The van der Waals surface area contributed by atoms with Crippen LogP contribution in [0.15, 0.2) is 18.2 Å². The van der Waals surface area contributed by atoms with E-state index in [2.05, 4.69) is 12.2 Å². The maximum Gasteiger partial charge on any atom is 0.335 e. The Balaban J connectivity index is 1.98. The Morgan fingerprint density at radius 3 is 2.95 bits per heavy atom. The number of thioether (sulfide) groups is 1. The number of anilines is 1. The topological polar surface area (TPSA) is 49.3 Å². The minimum atomic E-state index is -1.11. The van der Waals surface area contributed by atoms with Gasteiger partial charge in [-0.1, -0.05) is 6.92 Å². The molecular weight excluding hydrogens is 265 g/mol. The first-order chi connectivity index (χ1) is 9.10. The molecule has 5 heteroatoms. The summed E-state index contributed by atoms with van der Waals surface area (Å²) in [5.74, 6) is -0.490. The molecule has 1 aromatic rings. The Kier molecular flexibility index (Phi) is 4.69. The van der Waals surface area contributed by atoms with Crippen LogP contribution in [0.3, 0.4) is 0 Å². The minimum Gasteiger partial charge on any atom is -0.478 e. The highest BCUT2D eigenvalue weighted by Gasteiger charge is 2.25. The Labute approximate surface area is 116 Å². The molecule has 0 saturated heterocycles. The molecule has 0 spiro atoms. The smallest absolute Gasteiger partial charge is 0.335 e. The highest BCUT2D eigenvalue weighted by molar-refractivity contribution is 7.99. The van der Waals surface area contributed by atoms with Crippen LogP contribution in [0.5, 0.6) is 0 Å². The minimum absolute atomic E-state index is 0.0195. The van der Waals surface area contributed by atoms with E-state index in [0.29, 0.717) is 10.9 Å². The maximum atomic E-state index is 13.8. The lowest BCUT2D eigenvalue weighted by Crippen LogP contribution is -2.17. The van der Waals surface area contributed by atoms with E-state index in [1.165, 1.54) is 12.1 Å². The predicted octanol–water partition coefficient (Wildman–Crippen LogP) is 3.61. The molecule has 2 atom stereocenters. The number of aromatic carboxylic acids is 1. The molecule has 0 heterocycles. The summed E-state index contributed by atoms with van der Waals surface area (Å²) in [6, 6.07) is 4.30. The van der Waals surface area contributed by atoms with Gasteiger partial charge in [-0.05, 0) is 43.2 Å². The van der Waals surface area contributed by atoms with Gasteiger partial charge in [-0.15, -0.1) is 0 Å². The predicted molar refractivity (Wildman–Crippen MR) is 76.5 cm³/mol. The fourth-order valence-electron chi connectivity index (χ4n) is 2.44. The summed E-state index contributed by atoms with van der Waals surface area (Å²) in [6.45, 7) is 2.15. The summed E-state index contributed by atoms with van der Waals surface area (Å²) in [7, 11) is 0. The van der Waals surface area contributed by atoms with E-state index in [1.54, 1.807) is 0 Å². The van der Waals surface area contributed by atoms with E-state index in [-0.39, 0.29) is 11.6 Å². The number of carboxylic acid groups (broad SMARTS) is 1. The van der Waals surface area contributed by atoms with Crippen molar-refractivity contribution in [3.63, 3.8) is 0 Å². The molecule has 2 rings (SSSR count). The van der Waals surface area contributed by atoms with Crippen molar-refractivity contribution in [2.45, 2.75) is 37.5 Å². The molecule has 2 unspecified atom stereocenters. The van der Waals surface area contributed by atoms with Crippen molar-refractivity contribution in [2.24, 2.45) is 0 Å². The van der Waals surface area contributed by atoms with Crippen LogP contribution in [-0.4, -0.2) is 28.1 Å². The number of benzene rings is 1. The quantitative estimate of drug-likeness (QED) is 0.866. The van der Waals surface area contributed by atoms with E-state index < -0.39 is 11.8 Å². The van der Waals surface area contributed by atoms with Gasteiger partial charge in [0.25, 0.3) is 0 Å². The fourth-order valence-corrected chi connectivity index (χ4v) is 3.59. The second kappa shape index (κ2) is 6.28. The summed E-state index contributed by atoms with van der Waals surface area (Å²) in [4.78, 5) is 10.7. The summed E-state index contributed by atoms with van der Waals surface area (Å²) in [6.07, 6.45) is 3.24. The highest BCUT2D eigenvalue weighted by Crippen LogP contribution is 2.32. The van der Waals surface area contributed by atoms with Crippen LogP contribution in [-0.2, 0) is 0 Å². The Morgan fingerprint density at radius 1 is 1.53 bits per heavy atom. The third-order valence-corrected chi connectivity index (χ3v) is 4.60. The lowest BCUT2D eigenvalue weighted by molar-refractivity contribution is 0.0696. The van der Waals surface area contributed by atoms with E-state index in [4.69, 9.17) is 5.11 Å². The zero-order valence-electron chi connectivity index (χ0n) is 10.9. The average Bonchev–Trinajstić information content (AvgIpc) is 2.79. The lowest BCUT2D eigenvalue weighted by Gasteiger charge is -2.15. The molecule has 0 aliphatic heterocycles. The molecule has 1 fully saturated rings. The first kappa shape index (κ1) is 14.2. The molecule has 1 aliphatic rings. The molecule has 1 aromatic carbocycles. The molecule has 104 valence electrons. The first-order valence-electron chi connectivity index (χ1n) is 6.51. The van der Waals surface area contributed by atoms with Crippen molar-refractivity contribution < 1.29 is 14.3 Å². The highest BCUT2D eigenvalue weighted by atomic mass is 32.2. The summed E-state index contributed by atoms with van der Waals surface area (Å²) < 4.78 is 13.8. The second-order valence-electron chi connectivity index (χ2n) is 4.73. The first-order valence-corrected chi connectivity index (χ1v) is 7.56. The maximum absolute atomic E-state index is 13.8. The number of hydrogen-bond acceptors (Lipinski definition) is 3. The van der Waals surface area contributed by atoms with Crippen molar-refractivity contribution >= 4 is 23.4 Å². The van der Waals surface area contributed by atoms with Crippen molar-refractivity contribution in [1.82, 2.24) is 0 Å². The van der Waals surface area contributed by atoms with Crippen LogP contribution >= 0.6 is 11.8 Å². The van der Waals surface area contributed by atoms with Crippen molar-refractivity contribution in [1.29, 1.82) is 0 Å². The Bertz CT molecular complexity index is 467. The largest absolute Gasteiger partial charge is 0.478 e. The molecule has 0 bridgehead atoms. The fraction of sp³-hybridized carbons (Fsp3) is 0.500.